The van der Waals surface area contributed by atoms with Crippen LogP contribution in [0.3, 0.4) is 0 Å². The first-order chi connectivity index (χ1) is 8.51. The van der Waals surface area contributed by atoms with Crippen LogP contribution in [-0.2, 0) is 10.0 Å². The summed E-state index contributed by atoms with van der Waals surface area (Å²) in [4.78, 5) is 0.201. The fourth-order valence-electron chi connectivity index (χ4n) is 1.36. The average molecular weight is 337 g/mol. The molecule has 1 aromatic carbocycles. The van der Waals surface area contributed by atoms with E-state index in [4.69, 9.17) is 4.74 Å². The van der Waals surface area contributed by atoms with Crippen molar-refractivity contribution in [3.63, 3.8) is 0 Å². The molecule has 0 bridgehead atoms. The van der Waals surface area contributed by atoms with Gasteiger partial charge in [-0.3, -0.25) is 0 Å². The van der Waals surface area contributed by atoms with Crippen LogP contribution < -0.4 is 14.8 Å². The van der Waals surface area contributed by atoms with Crippen LogP contribution in [0, 0.1) is 0 Å². The molecule has 1 aromatic rings. The molecule has 18 heavy (non-hydrogen) atoms. The van der Waals surface area contributed by atoms with E-state index in [2.05, 4.69) is 26.0 Å². The highest BCUT2D eigenvalue weighted by molar-refractivity contribution is 9.10. The summed E-state index contributed by atoms with van der Waals surface area (Å²) in [7, 11) is -0.144. The minimum absolute atomic E-state index is 0.201. The molecule has 0 aliphatic carbocycles. The van der Waals surface area contributed by atoms with E-state index in [1.807, 2.05) is 7.05 Å². The SMILES string of the molecule is CNCCCNS(=O)(=O)c1ccc(Br)c(OC)c1. The van der Waals surface area contributed by atoms with Crippen LogP contribution in [-0.4, -0.2) is 35.7 Å². The van der Waals surface area contributed by atoms with Crippen molar-refractivity contribution in [2.75, 3.05) is 27.2 Å². The standard InChI is InChI=1S/C11H17BrN2O3S/c1-13-6-3-7-14-18(15,16)9-4-5-10(12)11(8-9)17-2/h4-5,8,13-14H,3,6-7H2,1-2H3. The zero-order valence-electron chi connectivity index (χ0n) is 10.4. The lowest BCUT2D eigenvalue weighted by molar-refractivity contribution is 0.410. The minimum Gasteiger partial charge on any atom is -0.496 e. The lowest BCUT2D eigenvalue weighted by atomic mass is 10.3. The molecule has 1 rings (SSSR count). The van der Waals surface area contributed by atoms with Crippen LogP contribution in [0.15, 0.2) is 27.6 Å². The number of sulfonamides is 1. The summed E-state index contributed by atoms with van der Waals surface area (Å²) < 4.78 is 32.3. The first-order valence-corrected chi connectivity index (χ1v) is 7.76. The van der Waals surface area contributed by atoms with Crippen LogP contribution in [0.5, 0.6) is 5.75 Å². The molecule has 0 amide bonds. The van der Waals surface area contributed by atoms with Crippen LogP contribution in [0.1, 0.15) is 6.42 Å². The normalized spacial score (nSPS) is 11.5. The molecule has 0 radical (unpaired) electrons. The van der Waals surface area contributed by atoms with E-state index < -0.39 is 10.0 Å². The topological polar surface area (TPSA) is 67.4 Å². The summed E-state index contributed by atoms with van der Waals surface area (Å²) in [6, 6.07) is 4.68. The molecular weight excluding hydrogens is 320 g/mol. The number of rotatable bonds is 7. The molecule has 0 saturated heterocycles. The number of hydrogen-bond acceptors (Lipinski definition) is 4. The van der Waals surface area contributed by atoms with Gasteiger partial charge in [0, 0.05) is 12.6 Å². The van der Waals surface area contributed by atoms with Crippen molar-refractivity contribution < 1.29 is 13.2 Å². The van der Waals surface area contributed by atoms with Gasteiger partial charge in [-0.1, -0.05) is 0 Å². The third-order valence-electron chi connectivity index (χ3n) is 2.33. The van der Waals surface area contributed by atoms with Crippen molar-refractivity contribution in [1.29, 1.82) is 0 Å². The highest BCUT2D eigenvalue weighted by Gasteiger charge is 2.15. The molecule has 0 fully saturated rings. The third kappa shape index (κ3) is 4.24. The lowest BCUT2D eigenvalue weighted by Crippen LogP contribution is -2.26. The molecule has 0 aliphatic rings. The molecule has 2 N–H and O–H groups in total. The summed E-state index contributed by atoms with van der Waals surface area (Å²) in [5.41, 5.74) is 0. The van der Waals surface area contributed by atoms with Gasteiger partial charge in [-0.15, -0.1) is 0 Å². The highest BCUT2D eigenvalue weighted by Crippen LogP contribution is 2.27. The zero-order chi connectivity index (χ0) is 13.6. The second-order valence-corrected chi connectivity index (χ2v) is 6.27. The van der Waals surface area contributed by atoms with Gasteiger partial charge in [0.1, 0.15) is 5.75 Å². The lowest BCUT2D eigenvalue weighted by Gasteiger charge is -2.09. The Kier molecular flexibility index (Phi) is 6.07. The van der Waals surface area contributed by atoms with Crippen molar-refractivity contribution in [2.24, 2.45) is 0 Å². The van der Waals surface area contributed by atoms with Crippen LogP contribution in [0.2, 0.25) is 0 Å². The summed E-state index contributed by atoms with van der Waals surface area (Å²) in [5, 5.41) is 2.96. The van der Waals surface area contributed by atoms with Crippen molar-refractivity contribution in [3.8, 4) is 5.75 Å². The smallest absolute Gasteiger partial charge is 0.240 e. The second kappa shape index (κ2) is 7.08. The number of nitrogens with one attached hydrogen (secondary N) is 2. The molecule has 5 nitrogen and oxygen atoms in total. The number of ether oxygens (including phenoxy) is 1. The molecule has 102 valence electrons. The Labute approximate surface area is 116 Å². The fraction of sp³-hybridized carbons (Fsp3) is 0.455. The number of benzene rings is 1. The Bertz CT molecular complexity index is 491. The zero-order valence-corrected chi connectivity index (χ0v) is 12.8. The molecule has 0 heterocycles. The van der Waals surface area contributed by atoms with Gasteiger partial charge < -0.3 is 10.1 Å². The van der Waals surface area contributed by atoms with Crippen molar-refractivity contribution in [2.45, 2.75) is 11.3 Å². The molecule has 0 aromatic heterocycles. The van der Waals surface area contributed by atoms with E-state index in [1.54, 1.807) is 6.07 Å². The quantitative estimate of drug-likeness (QED) is 0.737. The molecular formula is C11H17BrN2O3S. The van der Waals surface area contributed by atoms with Gasteiger partial charge in [0.05, 0.1) is 16.5 Å². The second-order valence-electron chi connectivity index (χ2n) is 3.65. The Morgan fingerprint density at radius 1 is 1.33 bits per heavy atom. The van der Waals surface area contributed by atoms with Crippen LogP contribution in [0.25, 0.3) is 0 Å². The third-order valence-corrected chi connectivity index (χ3v) is 4.44. The van der Waals surface area contributed by atoms with E-state index >= 15 is 0 Å². The maximum Gasteiger partial charge on any atom is 0.240 e. The van der Waals surface area contributed by atoms with Gasteiger partial charge >= 0.3 is 0 Å². The van der Waals surface area contributed by atoms with Gasteiger partial charge in [0.15, 0.2) is 0 Å². The van der Waals surface area contributed by atoms with Crippen molar-refractivity contribution >= 4 is 26.0 Å². The summed E-state index contributed by atoms with van der Waals surface area (Å²) in [6.07, 6.45) is 0.739. The maximum atomic E-state index is 12.0. The molecule has 0 atom stereocenters. The minimum atomic E-state index is -3.47. The van der Waals surface area contributed by atoms with Gasteiger partial charge in [0.25, 0.3) is 0 Å². The van der Waals surface area contributed by atoms with Gasteiger partial charge in [-0.2, -0.15) is 0 Å². The predicted molar refractivity (Wildman–Crippen MR) is 74.4 cm³/mol. The average Bonchev–Trinajstić information content (AvgIpc) is 2.35. The number of halogens is 1. The van der Waals surface area contributed by atoms with E-state index in [1.165, 1.54) is 19.2 Å². The van der Waals surface area contributed by atoms with E-state index in [9.17, 15) is 8.42 Å². The van der Waals surface area contributed by atoms with Crippen molar-refractivity contribution in [1.82, 2.24) is 10.0 Å². The Morgan fingerprint density at radius 3 is 2.67 bits per heavy atom. The Morgan fingerprint density at radius 2 is 2.06 bits per heavy atom. The van der Waals surface area contributed by atoms with Crippen molar-refractivity contribution in [3.05, 3.63) is 22.7 Å². The maximum absolute atomic E-state index is 12.0. The highest BCUT2D eigenvalue weighted by atomic mass is 79.9. The van der Waals surface area contributed by atoms with Gasteiger partial charge in [-0.25, -0.2) is 13.1 Å². The molecule has 7 heteroatoms. The predicted octanol–water partition coefficient (Wildman–Crippen LogP) is 1.35. The molecule has 0 aliphatic heterocycles. The first-order valence-electron chi connectivity index (χ1n) is 5.49. The fourth-order valence-corrected chi connectivity index (χ4v) is 2.86. The van der Waals surface area contributed by atoms with E-state index in [0.717, 1.165) is 17.4 Å². The summed E-state index contributed by atoms with van der Waals surface area (Å²) in [6.45, 7) is 1.17. The monoisotopic (exact) mass is 336 g/mol. The molecule has 0 spiro atoms. The van der Waals surface area contributed by atoms with Gasteiger partial charge in [0.2, 0.25) is 10.0 Å². The Balaban J connectivity index is 2.78. The summed E-state index contributed by atoms with van der Waals surface area (Å²) >= 11 is 3.28. The Hall–Kier alpha value is -0.630. The molecule has 0 unspecified atom stereocenters. The van der Waals surface area contributed by atoms with Crippen LogP contribution in [0.4, 0.5) is 0 Å². The first kappa shape index (κ1) is 15.4. The largest absolute Gasteiger partial charge is 0.496 e. The molecule has 0 saturated carbocycles. The number of methoxy groups -OCH3 is 1. The number of hydrogen-bond donors (Lipinski definition) is 2. The van der Waals surface area contributed by atoms with Gasteiger partial charge in [-0.05, 0) is 48.1 Å². The van der Waals surface area contributed by atoms with E-state index in [0.29, 0.717) is 12.3 Å². The van der Waals surface area contributed by atoms with E-state index in [-0.39, 0.29) is 4.90 Å². The van der Waals surface area contributed by atoms with Crippen LogP contribution >= 0.6 is 15.9 Å². The summed E-state index contributed by atoms with van der Waals surface area (Å²) in [5.74, 6) is 0.494.